The average Bonchev–Trinajstić information content (AvgIpc) is 3.67. The fourth-order valence-electron chi connectivity index (χ4n) is 5.05. The quantitative estimate of drug-likeness (QED) is 0.0706. The first-order valence-electron chi connectivity index (χ1n) is 14.0. The number of anilines is 1. The number of phosphoric ester groups is 2. The molecule has 0 aliphatic carbocycles. The number of aliphatic hydroxyl groups is 2. The first kappa shape index (κ1) is 40.5. The first-order valence-corrected chi connectivity index (χ1v) is 20.0. The summed E-state index contributed by atoms with van der Waals surface area (Å²) in [6, 6.07) is 0.932. The number of fused-ring (bicyclic) bond motifs is 1. The minimum atomic E-state index is -5.93. The molecule has 4 unspecified atom stereocenters. The van der Waals surface area contributed by atoms with E-state index in [0.29, 0.717) is 0 Å². The number of phosphoric acid groups is 4. The van der Waals surface area contributed by atoms with Crippen LogP contribution >= 0.6 is 31.3 Å². The highest BCUT2D eigenvalue weighted by Gasteiger charge is 2.52. The third kappa shape index (κ3) is 9.34. The molecule has 3 aromatic rings. The Morgan fingerprint density at radius 3 is 2.15 bits per heavy atom. The van der Waals surface area contributed by atoms with Gasteiger partial charge in [0.15, 0.2) is 23.9 Å². The van der Waals surface area contributed by atoms with Gasteiger partial charge in [0, 0.05) is 19.4 Å². The van der Waals surface area contributed by atoms with E-state index in [1.165, 1.54) is 4.57 Å². The van der Waals surface area contributed by atoms with E-state index in [2.05, 4.69) is 28.1 Å². The average molecular weight is 827 g/mol. The number of H-pyrrole nitrogens is 1. The van der Waals surface area contributed by atoms with Crippen LogP contribution in [0, 0.1) is 0 Å². The minimum absolute atomic E-state index is 0.0392. The molecule has 0 radical (unpaired) electrons. The van der Waals surface area contributed by atoms with Gasteiger partial charge in [-0.05, 0) is 0 Å². The number of nitrogens with one attached hydrogen (secondary N) is 1. The Balaban J connectivity index is 1.36. The molecule has 28 nitrogen and oxygen atoms in total. The Bertz CT molecular complexity index is 2090. The van der Waals surface area contributed by atoms with Gasteiger partial charge in [-0.3, -0.25) is 32.5 Å². The summed E-state index contributed by atoms with van der Waals surface area (Å²) >= 11 is 0. The molecule has 5 heterocycles. The van der Waals surface area contributed by atoms with Gasteiger partial charge in [0.05, 0.1) is 19.5 Å². The zero-order valence-corrected chi connectivity index (χ0v) is 29.4. The summed E-state index contributed by atoms with van der Waals surface area (Å²) in [6.45, 7) is -2.16. The molecule has 0 amide bonds. The fraction of sp³-hybridized carbons (Fsp3) is 0.550. The van der Waals surface area contributed by atoms with Crippen LogP contribution < -0.4 is 17.0 Å². The molecule has 2 aliphatic rings. The fourth-order valence-corrected chi connectivity index (χ4v) is 9.04. The Hall–Kier alpha value is -2.65. The van der Waals surface area contributed by atoms with Crippen molar-refractivity contribution in [1.82, 2.24) is 29.1 Å². The van der Waals surface area contributed by atoms with E-state index in [4.69, 9.17) is 38.8 Å². The standard InChI is InChI=1S/C20H29N7O21P4/c1-41-15-14(46-50(35,36)42-4-8-12(29)13(30)18(44-8)26-3-2-10(28)25-20(26)31)9(5-43-51(37,38)48-52(39,40)47-49(32,33)34)45-19(15)27-7-24-11-16(21)22-6-23-17(11)27/h2-3,6-9,12-15,18-19,29-30H,4-5H2,1H3,(H,35,36)(H,37,38)(H,39,40)(H2,21,22,23)(H,25,28,31)(H2,32,33,34)/t8?,9-,12-,13-,14-,15-,18-,19-/m1/s1. The molecule has 2 aliphatic heterocycles. The molecule has 5 rings (SSSR count). The second kappa shape index (κ2) is 15.2. The number of ether oxygens (including phenoxy) is 3. The Morgan fingerprint density at radius 2 is 1.50 bits per heavy atom. The lowest BCUT2D eigenvalue weighted by atomic mass is 10.1. The summed E-state index contributed by atoms with van der Waals surface area (Å²) in [5, 5.41) is 20.9. The molecule has 2 fully saturated rings. The predicted molar refractivity (Wildman–Crippen MR) is 162 cm³/mol. The molecule has 32 heteroatoms. The topological polar surface area (TPSA) is 408 Å². The lowest BCUT2D eigenvalue weighted by molar-refractivity contribution is -0.0610. The van der Waals surface area contributed by atoms with Crippen molar-refractivity contribution in [2.24, 2.45) is 0 Å². The van der Waals surface area contributed by atoms with E-state index in [1.807, 2.05) is 4.98 Å². The number of aromatic nitrogens is 6. The highest BCUT2D eigenvalue weighted by Crippen LogP contribution is 2.66. The van der Waals surface area contributed by atoms with Crippen LogP contribution in [0.4, 0.5) is 5.82 Å². The number of hydrogen-bond acceptors (Lipinski definition) is 20. The molecular weight excluding hydrogens is 798 g/mol. The van der Waals surface area contributed by atoms with Gasteiger partial charge in [-0.2, -0.15) is 8.62 Å². The van der Waals surface area contributed by atoms with Crippen molar-refractivity contribution in [3.8, 4) is 0 Å². The van der Waals surface area contributed by atoms with Gasteiger partial charge < -0.3 is 54.6 Å². The maximum atomic E-state index is 13.3. The van der Waals surface area contributed by atoms with Crippen LogP contribution in [0.5, 0.6) is 0 Å². The van der Waals surface area contributed by atoms with Crippen molar-refractivity contribution >= 4 is 48.3 Å². The van der Waals surface area contributed by atoms with Gasteiger partial charge >= 0.3 is 37.0 Å². The van der Waals surface area contributed by atoms with E-state index in [9.17, 15) is 52.7 Å². The third-order valence-electron chi connectivity index (χ3n) is 7.16. The van der Waals surface area contributed by atoms with E-state index in [-0.39, 0.29) is 17.0 Å². The second-order valence-electron chi connectivity index (χ2n) is 10.6. The van der Waals surface area contributed by atoms with Gasteiger partial charge in [0.1, 0.15) is 48.5 Å². The summed E-state index contributed by atoms with van der Waals surface area (Å²) in [4.78, 5) is 85.1. The van der Waals surface area contributed by atoms with E-state index >= 15 is 0 Å². The number of hydrogen-bond donors (Lipinski definition) is 9. The lowest BCUT2D eigenvalue weighted by Gasteiger charge is -2.26. The van der Waals surface area contributed by atoms with Gasteiger partial charge in [0.2, 0.25) is 0 Å². The molecule has 11 atom stereocenters. The maximum Gasteiger partial charge on any atom is 0.490 e. The second-order valence-corrected chi connectivity index (χ2v) is 16.5. The normalized spacial score (nSPS) is 30.2. The van der Waals surface area contributed by atoms with Crippen molar-refractivity contribution in [1.29, 1.82) is 0 Å². The van der Waals surface area contributed by atoms with Gasteiger partial charge in [-0.15, -0.1) is 0 Å². The predicted octanol–water partition coefficient (Wildman–Crippen LogP) is -2.66. The van der Waals surface area contributed by atoms with Crippen molar-refractivity contribution in [2.45, 2.75) is 49.1 Å². The van der Waals surface area contributed by atoms with Crippen LogP contribution in [-0.2, 0) is 54.7 Å². The number of nitrogen functional groups attached to an aromatic ring is 1. The van der Waals surface area contributed by atoms with Gasteiger partial charge in [0.25, 0.3) is 5.56 Å². The van der Waals surface area contributed by atoms with Crippen molar-refractivity contribution in [3.05, 3.63) is 45.8 Å². The van der Waals surface area contributed by atoms with E-state index in [0.717, 1.165) is 36.6 Å². The number of nitrogens with zero attached hydrogens (tertiary/aromatic N) is 5. The van der Waals surface area contributed by atoms with Crippen molar-refractivity contribution in [2.75, 3.05) is 26.1 Å². The molecule has 3 aromatic heterocycles. The zero-order valence-electron chi connectivity index (χ0n) is 25.8. The van der Waals surface area contributed by atoms with Crippen LogP contribution in [0.25, 0.3) is 11.2 Å². The third-order valence-corrected chi connectivity index (χ3v) is 11.9. The lowest BCUT2D eigenvalue weighted by Crippen LogP contribution is -2.38. The number of aliphatic hydroxyl groups excluding tert-OH is 2. The molecule has 290 valence electrons. The monoisotopic (exact) mass is 827 g/mol. The Kier molecular flexibility index (Phi) is 11.9. The molecule has 0 aromatic carbocycles. The molecule has 10 N–H and O–H groups in total. The van der Waals surface area contributed by atoms with Crippen molar-refractivity contribution in [3.63, 3.8) is 0 Å². The summed E-state index contributed by atoms with van der Waals surface area (Å²) in [5.41, 5.74) is 4.18. The minimum Gasteiger partial charge on any atom is -0.387 e. The van der Waals surface area contributed by atoms with Crippen LogP contribution in [0.1, 0.15) is 12.5 Å². The number of rotatable bonds is 15. The Morgan fingerprint density at radius 1 is 0.846 bits per heavy atom. The molecule has 0 spiro atoms. The van der Waals surface area contributed by atoms with Crippen molar-refractivity contribution < 1.29 is 89.3 Å². The van der Waals surface area contributed by atoms with Gasteiger partial charge in [-0.25, -0.2) is 38.0 Å². The summed E-state index contributed by atoms with van der Waals surface area (Å²) in [6.07, 6.45) is -10.0. The number of imidazole rings is 1. The van der Waals surface area contributed by atoms with Gasteiger partial charge in [-0.1, -0.05) is 0 Å². The molecule has 52 heavy (non-hydrogen) atoms. The highest BCUT2D eigenvalue weighted by molar-refractivity contribution is 7.66. The smallest absolute Gasteiger partial charge is 0.387 e. The molecular formula is C20H29N7O21P4. The number of aromatic amines is 1. The molecule has 0 bridgehead atoms. The molecule has 2 saturated heterocycles. The Labute approximate surface area is 287 Å². The highest BCUT2D eigenvalue weighted by atomic mass is 31.3. The van der Waals surface area contributed by atoms with Crippen LogP contribution in [-0.4, -0.2) is 121 Å². The maximum absolute atomic E-state index is 13.3. The summed E-state index contributed by atoms with van der Waals surface area (Å²) in [7, 11) is -21.7. The SMILES string of the molecule is CO[C@@H]1[C@H](OP(=O)(O)OCC2O[C@@H](n3ccc(=O)[nH]c3=O)[C@H](O)[C@@H]2O)[C@@H](COP(=O)(O)OP(=O)(O)OP(=O)(O)O)O[C@H]1n1cnc2c(N)ncnc21. The van der Waals surface area contributed by atoms with E-state index < -0.39 is 105 Å². The number of methoxy groups -OCH3 is 1. The largest absolute Gasteiger partial charge is 0.490 e. The first-order chi connectivity index (χ1) is 24.1. The van der Waals surface area contributed by atoms with Crippen LogP contribution in [0.3, 0.4) is 0 Å². The van der Waals surface area contributed by atoms with Crippen LogP contribution in [0.2, 0.25) is 0 Å². The summed E-state index contributed by atoms with van der Waals surface area (Å²) < 4.78 is 89.5. The zero-order chi connectivity index (χ0) is 38.4. The summed E-state index contributed by atoms with van der Waals surface area (Å²) in [5.74, 6) is -0.0601. The van der Waals surface area contributed by atoms with E-state index in [1.54, 1.807) is 0 Å². The molecule has 0 saturated carbocycles. The van der Waals surface area contributed by atoms with Crippen LogP contribution in [0.15, 0.2) is 34.5 Å². The number of nitrogens with two attached hydrogens (primary N) is 1.